The van der Waals surface area contributed by atoms with E-state index in [1.165, 1.54) is 22.9 Å². The molecule has 33 heavy (non-hydrogen) atoms. The summed E-state index contributed by atoms with van der Waals surface area (Å²) in [6.07, 6.45) is 4.59. The van der Waals surface area contributed by atoms with Crippen molar-refractivity contribution in [2.75, 3.05) is 5.75 Å². The summed E-state index contributed by atoms with van der Waals surface area (Å²) in [4.78, 5) is 36.9. The number of aromatic nitrogens is 4. The third-order valence-corrected chi connectivity index (χ3v) is 8.60. The van der Waals surface area contributed by atoms with Gasteiger partial charge in [-0.25, -0.2) is 18.4 Å². The molecule has 0 unspecified atom stereocenters. The SMILES string of the molecule is O=C(Cc1ccc(-n2ccc3cc4[nH]cnc4cc3c2=O)nc1)CS(=O)(=O)c1ccc(Cl)s1. The van der Waals surface area contributed by atoms with Crippen molar-refractivity contribution in [2.45, 2.75) is 10.6 Å². The third kappa shape index (κ3) is 4.20. The number of ketones is 1. The molecule has 0 aliphatic rings. The van der Waals surface area contributed by atoms with E-state index in [1.54, 1.807) is 30.7 Å². The minimum Gasteiger partial charge on any atom is -0.345 e. The number of benzene rings is 1. The van der Waals surface area contributed by atoms with Crippen LogP contribution in [0.1, 0.15) is 5.56 Å². The van der Waals surface area contributed by atoms with E-state index in [0.717, 1.165) is 22.2 Å². The van der Waals surface area contributed by atoms with Crippen LogP contribution in [0.4, 0.5) is 0 Å². The normalized spacial score (nSPS) is 11.9. The summed E-state index contributed by atoms with van der Waals surface area (Å²) in [6.45, 7) is 0. The summed E-state index contributed by atoms with van der Waals surface area (Å²) in [6, 6.07) is 11.6. The topological polar surface area (TPSA) is 115 Å². The Balaban J connectivity index is 1.36. The van der Waals surface area contributed by atoms with Gasteiger partial charge in [-0.2, -0.15) is 0 Å². The molecule has 0 spiro atoms. The second-order valence-electron chi connectivity index (χ2n) is 7.41. The zero-order valence-electron chi connectivity index (χ0n) is 16.9. The number of pyridine rings is 2. The van der Waals surface area contributed by atoms with Crippen LogP contribution in [-0.2, 0) is 21.1 Å². The fourth-order valence-electron chi connectivity index (χ4n) is 3.54. The van der Waals surface area contributed by atoms with Gasteiger partial charge in [-0.3, -0.25) is 14.2 Å². The van der Waals surface area contributed by atoms with Crippen molar-refractivity contribution >= 4 is 60.4 Å². The van der Waals surface area contributed by atoms with Crippen LogP contribution >= 0.6 is 22.9 Å². The Labute approximate surface area is 196 Å². The van der Waals surface area contributed by atoms with Gasteiger partial charge in [0.25, 0.3) is 5.56 Å². The Bertz CT molecular complexity index is 1690. The molecule has 4 aromatic heterocycles. The molecule has 5 rings (SSSR count). The Kier molecular flexibility index (Phi) is 5.35. The number of fused-ring (bicyclic) bond motifs is 2. The molecule has 4 heterocycles. The summed E-state index contributed by atoms with van der Waals surface area (Å²) >= 11 is 6.71. The monoisotopic (exact) mass is 498 g/mol. The highest BCUT2D eigenvalue weighted by atomic mass is 35.5. The number of nitrogens with zero attached hydrogens (tertiary/aromatic N) is 3. The van der Waals surface area contributed by atoms with Crippen molar-refractivity contribution in [3.8, 4) is 5.82 Å². The van der Waals surface area contributed by atoms with E-state index in [9.17, 15) is 18.0 Å². The van der Waals surface area contributed by atoms with E-state index in [2.05, 4.69) is 15.0 Å². The van der Waals surface area contributed by atoms with Gasteiger partial charge in [0.1, 0.15) is 15.8 Å². The molecular formula is C22H15ClN4O4S2. The van der Waals surface area contributed by atoms with Crippen molar-refractivity contribution in [1.29, 1.82) is 0 Å². The van der Waals surface area contributed by atoms with E-state index < -0.39 is 21.4 Å². The number of aromatic amines is 1. The van der Waals surface area contributed by atoms with E-state index >= 15 is 0 Å². The highest BCUT2D eigenvalue weighted by molar-refractivity contribution is 7.94. The number of hydrogen-bond donors (Lipinski definition) is 1. The summed E-state index contributed by atoms with van der Waals surface area (Å²) in [5.74, 6) is -0.682. The molecule has 166 valence electrons. The van der Waals surface area contributed by atoms with Crippen molar-refractivity contribution < 1.29 is 13.2 Å². The lowest BCUT2D eigenvalue weighted by Crippen LogP contribution is -2.19. The number of sulfone groups is 1. The Morgan fingerprint density at radius 3 is 2.70 bits per heavy atom. The second-order valence-corrected chi connectivity index (χ2v) is 11.3. The minimum absolute atomic E-state index is 0.0668. The van der Waals surface area contributed by atoms with Gasteiger partial charge in [-0.15, -0.1) is 11.3 Å². The summed E-state index contributed by atoms with van der Waals surface area (Å²) in [5.41, 5.74) is 1.85. The van der Waals surface area contributed by atoms with Gasteiger partial charge in [0.05, 0.1) is 21.7 Å². The van der Waals surface area contributed by atoms with Crippen LogP contribution in [0.15, 0.2) is 70.2 Å². The molecule has 0 amide bonds. The molecule has 1 aromatic carbocycles. The first kappa shape index (κ1) is 21.5. The van der Waals surface area contributed by atoms with Crippen molar-refractivity contribution in [3.63, 3.8) is 0 Å². The first-order chi connectivity index (χ1) is 15.8. The second kappa shape index (κ2) is 8.22. The van der Waals surface area contributed by atoms with Gasteiger partial charge in [-0.1, -0.05) is 17.7 Å². The quantitative estimate of drug-likeness (QED) is 0.383. The number of nitrogens with one attached hydrogen (secondary N) is 1. The molecule has 0 saturated carbocycles. The molecule has 0 saturated heterocycles. The molecule has 0 aliphatic heterocycles. The fraction of sp³-hybridized carbons (Fsp3) is 0.0909. The molecule has 8 nitrogen and oxygen atoms in total. The van der Waals surface area contributed by atoms with E-state index in [1.807, 2.05) is 12.1 Å². The van der Waals surface area contributed by atoms with Crippen molar-refractivity contribution in [2.24, 2.45) is 0 Å². The van der Waals surface area contributed by atoms with Crippen LogP contribution < -0.4 is 5.56 Å². The summed E-state index contributed by atoms with van der Waals surface area (Å²) in [5, 5.41) is 1.29. The molecule has 0 radical (unpaired) electrons. The predicted molar refractivity (Wildman–Crippen MR) is 127 cm³/mol. The standard InChI is InChI=1S/C22H15ClN4O4S2/c23-19-2-4-21(32-19)33(30,31)11-15(28)7-13-1-3-20(24-10-13)27-6-5-14-8-17-18(26-12-25-17)9-16(14)22(27)29/h1-6,8-10,12H,7,11H2,(H,25,26). The van der Waals surface area contributed by atoms with E-state index in [0.29, 0.717) is 26.6 Å². The average Bonchev–Trinajstić information content (AvgIpc) is 3.42. The number of thiophene rings is 1. The van der Waals surface area contributed by atoms with E-state index in [4.69, 9.17) is 11.6 Å². The molecule has 11 heteroatoms. The number of H-pyrrole nitrogens is 1. The molecule has 5 aromatic rings. The van der Waals surface area contributed by atoms with Crippen molar-refractivity contribution in [3.05, 3.63) is 81.4 Å². The van der Waals surface area contributed by atoms with Crippen molar-refractivity contribution in [1.82, 2.24) is 19.5 Å². The smallest absolute Gasteiger partial charge is 0.264 e. The third-order valence-electron chi connectivity index (χ3n) is 5.11. The summed E-state index contributed by atoms with van der Waals surface area (Å²) in [7, 11) is -3.74. The lowest BCUT2D eigenvalue weighted by atomic mass is 10.1. The molecule has 1 N–H and O–H groups in total. The van der Waals surface area contributed by atoms with Crippen LogP contribution in [0.3, 0.4) is 0 Å². The molecule has 0 bridgehead atoms. The van der Waals surface area contributed by atoms with Gasteiger partial charge < -0.3 is 4.98 Å². The maximum atomic E-state index is 13.0. The summed E-state index contributed by atoms with van der Waals surface area (Å²) < 4.78 is 26.6. The van der Waals surface area contributed by atoms with Crippen LogP contribution in [0, 0.1) is 0 Å². The van der Waals surface area contributed by atoms with Gasteiger partial charge in [0.15, 0.2) is 15.6 Å². The number of imidazole rings is 1. The zero-order chi connectivity index (χ0) is 23.2. The first-order valence-corrected chi connectivity index (χ1v) is 12.6. The van der Waals surface area contributed by atoms with Crippen LogP contribution in [0.2, 0.25) is 4.34 Å². The highest BCUT2D eigenvalue weighted by Gasteiger charge is 2.21. The Morgan fingerprint density at radius 2 is 1.97 bits per heavy atom. The van der Waals surface area contributed by atoms with Crippen LogP contribution in [0.25, 0.3) is 27.6 Å². The Morgan fingerprint density at radius 1 is 1.12 bits per heavy atom. The number of Topliss-reactive ketones (excluding diaryl/α,β-unsaturated/α-hetero) is 1. The fourth-order valence-corrected chi connectivity index (χ4v) is 6.36. The number of hydrogen-bond acceptors (Lipinski definition) is 7. The minimum atomic E-state index is -3.74. The van der Waals surface area contributed by atoms with Crippen LogP contribution in [0.5, 0.6) is 0 Å². The maximum absolute atomic E-state index is 13.0. The molecule has 0 fully saturated rings. The van der Waals surface area contributed by atoms with Gasteiger partial charge in [0, 0.05) is 24.2 Å². The predicted octanol–water partition coefficient (Wildman–Crippen LogP) is 3.56. The van der Waals surface area contributed by atoms with E-state index in [-0.39, 0.29) is 16.2 Å². The first-order valence-electron chi connectivity index (χ1n) is 9.74. The number of halogens is 1. The number of carbonyl (C=O) groups excluding carboxylic acids is 1. The lowest BCUT2D eigenvalue weighted by Gasteiger charge is -2.08. The maximum Gasteiger partial charge on any atom is 0.264 e. The molecule has 0 aliphatic carbocycles. The largest absolute Gasteiger partial charge is 0.345 e. The van der Waals surface area contributed by atoms with Gasteiger partial charge in [0.2, 0.25) is 0 Å². The zero-order valence-corrected chi connectivity index (χ0v) is 19.2. The Hall–Kier alpha value is -3.34. The van der Waals surface area contributed by atoms with Crippen LogP contribution in [-0.4, -0.2) is 39.5 Å². The van der Waals surface area contributed by atoms with Gasteiger partial charge >= 0.3 is 0 Å². The lowest BCUT2D eigenvalue weighted by molar-refractivity contribution is -0.116. The number of carbonyl (C=O) groups is 1. The highest BCUT2D eigenvalue weighted by Crippen LogP contribution is 2.26. The average molecular weight is 499 g/mol. The molecule has 0 atom stereocenters. The number of rotatable bonds is 6. The molecular weight excluding hydrogens is 484 g/mol. The van der Waals surface area contributed by atoms with Gasteiger partial charge in [-0.05, 0) is 47.3 Å².